The smallest absolute Gasteiger partial charge is 0.295 e. The lowest BCUT2D eigenvalue weighted by molar-refractivity contribution is -0.140. The fraction of sp³-hybridized carbons (Fsp3) is 0.360. The molecule has 2 saturated heterocycles. The molecule has 4 rings (SSSR count). The van der Waals surface area contributed by atoms with Gasteiger partial charge in [0.15, 0.2) is 0 Å². The van der Waals surface area contributed by atoms with E-state index >= 15 is 0 Å². The molecule has 9 nitrogen and oxygen atoms in total. The van der Waals surface area contributed by atoms with E-state index in [1.54, 1.807) is 12.1 Å². The van der Waals surface area contributed by atoms with Crippen LogP contribution in [0.5, 0.6) is 5.75 Å². The molecule has 2 aromatic carbocycles. The number of piperidine rings is 1. The van der Waals surface area contributed by atoms with Crippen molar-refractivity contribution in [1.82, 2.24) is 9.21 Å². The number of hydrogen-bond acceptors (Lipinski definition) is 7. The first-order valence-electron chi connectivity index (χ1n) is 11.4. The Balaban J connectivity index is 1.74. The summed E-state index contributed by atoms with van der Waals surface area (Å²) in [6.45, 7) is 1.22. The minimum absolute atomic E-state index is 0.0490. The maximum Gasteiger partial charge on any atom is 0.295 e. The number of sulfonamides is 1. The molecule has 186 valence electrons. The van der Waals surface area contributed by atoms with Gasteiger partial charge in [-0.05, 0) is 54.8 Å². The number of benzene rings is 2. The van der Waals surface area contributed by atoms with Gasteiger partial charge < -0.3 is 19.8 Å². The van der Waals surface area contributed by atoms with Gasteiger partial charge in [-0.2, -0.15) is 4.31 Å². The van der Waals surface area contributed by atoms with E-state index in [-0.39, 0.29) is 34.9 Å². The number of Topliss-reactive ketones (excluding diaryl/α,β-unsaturated/α-hetero) is 1. The summed E-state index contributed by atoms with van der Waals surface area (Å²) in [7, 11) is -2.18. The molecule has 2 aromatic rings. The average Bonchev–Trinajstić information content (AvgIpc) is 3.12. The van der Waals surface area contributed by atoms with Gasteiger partial charge in [0.25, 0.3) is 11.7 Å². The minimum Gasteiger partial charge on any atom is -0.508 e. The standard InChI is InChI=1S/C25H28N2O7S/c1-34-15-14-27-22(18-6-5-7-19(28)16-18)21(24(30)25(27)31)23(29)17-8-10-20(11-9-17)35(32,33)26-12-3-2-4-13-26/h5-11,16,22,28-29H,2-4,12-15H2,1H3/b23-21+. The molecule has 1 amide bonds. The summed E-state index contributed by atoms with van der Waals surface area (Å²) in [6, 6.07) is 10.8. The molecular weight excluding hydrogens is 472 g/mol. The van der Waals surface area contributed by atoms with Crippen molar-refractivity contribution in [2.75, 3.05) is 33.4 Å². The molecule has 0 bridgehead atoms. The Kier molecular flexibility index (Phi) is 7.25. The molecule has 2 heterocycles. The monoisotopic (exact) mass is 500 g/mol. The normalized spacial score (nSPS) is 20.9. The number of likely N-dealkylation sites (tertiary alicyclic amines) is 1. The molecular formula is C25H28N2O7S. The molecule has 2 fully saturated rings. The van der Waals surface area contributed by atoms with Gasteiger partial charge in [-0.3, -0.25) is 9.59 Å². The molecule has 1 atom stereocenters. The summed E-state index contributed by atoms with van der Waals surface area (Å²) >= 11 is 0. The van der Waals surface area contributed by atoms with E-state index in [1.807, 2.05) is 0 Å². The van der Waals surface area contributed by atoms with Crippen molar-refractivity contribution in [2.24, 2.45) is 0 Å². The molecule has 10 heteroatoms. The maximum atomic E-state index is 13.0. The predicted molar refractivity (Wildman–Crippen MR) is 128 cm³/mol. The van der Waals surface area contributed by atoms with E-state index in [0.29, 0.717) is 18.7 Å². The van der Waals surface area contributed by atoms with Gasteiger partial charge in [0.05, 0.1) is 23.1 Å². The average molecular weight is 501 g/mol. The lowest BCUT2D eigenvalue weighted by Gasteiger charge is -2.26. The number of aliphatic hydroxyl groups is 1. The molecule has 1 unspecified atom stereocenters. The van der Waals surface area contributed by atoms with Crippen molar-refractivity contribution in [1.29, 1.82) is 0 Å². The van der Waals surface area contributed by atoms with Crippen LogP contribution in [0.1, 0.15) is 36.4 Å². The van der Waals surface area contributed by atoms with Crippen LogP contribution in [0.3, 0.4) is 0 Å². The van der Waals surface area contributed by atoms with Gasteiger partial charge in [-0.15, -0.1) is 0 Å². The fourth-order valence-electron chi connectivity index (χ4n) is 4.54. The first-order valence-corrected chi connectivity index (χ1v) is 12.9. The fourth-order valence-corrected chi connectivity index (χ4v) is 6.05. The Labute approximate surface area is 204 Å². The minimum atomic E-state index is -3.66. The summed E-state index contributed by atoms with van der Waals surface area (Å²) in [5.74, 6) is -2.12. The maximum absolute atomic E-state index is 13.0. The number of carbonyl (C=O) groups is 2. The highest BCUT2D eigenvalue weighted by molar-refractivity contribution is 7.89. The third-order valence-corrected chi connectivity index (χ3v) is 8.26. The molecule has 2 aliphatic rings. The van der Waals surface area contributed by atoms with Crippen molar-refractivity contribution >= 4 is 27.5 Å². The second-order valence-electron chi connectivity index (χ2n) is 8.57. The van der Waals surface area contributed by atoms with Gasteiger partial charge >= 0.3 is 0 Å². The van der Waals surface area contributed by atoms with Crippen molar-refractivity contribution in [3.63, 3.8) is 0 Å². The highest BCUT2D eigenvalue weighted by Crippen LogP contribution is 2.40. The van der Waals surface area contributed by atoms with E-state index in [4.69, 9.17) is 4.74 Å². The summed E-state index contributed by atoms with van der Waals surface area (Å²) in [5.41, 5.74) is 0.520. The number of phenols is 1. The lowest BCUT2D eigenvalue weighted by atomic mass is 9.95. The number of hydrogen-bond donors (Lipinski definition) is 2. The Bertz CT molecular complexity index is 1250. The third kappa shape index (κ3) is 4.82. The van der Waals surface area contributed by atoms with E-state index in [0.717, 1.165) is 19.3 Å². The van der Waals surface area contributed by atoms with Gasteiger partial charge in [0.1, 0.15) is 11.5 Å². The molecule has 0 aliphatic carbocycles. The zero-order valence-corrected chi connectivity index (χ0v) is 20.2. The van der Waals surface area contributed by atoms with Gasteiger partial charge in [-0.25, -0.2) is 8.42 Å². The largest absolute Gasteiger partial charge is 0.508 e. The number of ketones is 1. The van der Waals surface area contributed by atoms with Crippen LogP contribution in [-0.2, 0) is 24.3 Å². The lowest BCUT2D eigenvalue weighted by Crippen LogP contribution is -2.35. The van der Waals surface area contributed by atoms with Crippen molar-refractivity contribution in [2.45, 2.75) is 30.2 Å². The number of phenolic OH excluding ortho intramolecular Hbond substituents is 1. The van der Waals surface area contributed by atoms with Crippen molar-refractivity contribution in [3.05, 3.63) is 65.2 Å². The van der Waals surface area contributed by atoms with Crippen LogP contribution in [0, 0.1) is 0 Å². The Morgan fingerprint density at radius 1 is 1.06 bits per heavy atom. The topological polar surface area (TPSA) is 124 Å². The predicted octanol–water partition coefficient (Wildman–Crippen LogP) is 2.63. The molecule has 0 aromatic heterocycles. The Morgan fingerprint density at radius 3 is 2.37 bits per heavy atom. The number of rotatable bonds is 7. The SMILES string of the molecule is COCCN1C(=O)C(=O)/C(=C(/O)c2ccc(S(=O)(=O)N3CCCCC3)cc2)C1c1cccc(O)c1. The van der Waals surface area contributed by atoms with Crippen LogP contribution in [0.2, 0.25) is 0 Å². The summed E-state index contributed by atoms with van der Waals surface area (Å²) < 4.78 is 32.4. The first-order chi connectivity index (χ1) is 16.8. The molecule has 0 saturated carbocycles. The van der Waals surface area contributed by atoms with Crippen LogP contribution in [0.25, 0.3) is 5.76 Å². The van der Waals surface area contributed by atoms with Gasteiger partial charge in [-0.1, -0.05) is 18.6 Å². The Hall–Kier alpha value is -3.21. The zero-order chi connectivity index (χ0) is 25.2. The second kappa shape index (κ2) is 10.2. The highest BCUT2D eigenvalue weighted by Gasteiger charge is 2.46. The van der Waals surface area contributed by atoms with Crippen LogP contribution in [0.4, 0.5) is 0 Å². The molecule has 35 heavy (non-hydrogen) atoms. The second-order valence-corrected chi connectivity index (χ2v) is 10.5. The number of aromatic hydroxyl groups is 1. The number of nitrogens with zero attached hydrogens (tertiary/aromatic N) is 2. The number of amides is 1. The van der Waals surface area contributed by atoms with Crippen LogP contribution < -0.4 is 0 Å². The summed E-state index contributed by atoms with van der Waals surface area (Å²) in [4.78, 5) is 27.2. The van der Waals surface area contributed by atoms with E-state index < -0.39 is 33.5 Å². The van der Waals surface area contributed by atoms with Crippen LogP contribution >= 0.6 is 0 Å². The first kappa shape index (κ1) is 24.9. The van der Waals surface area contributed by atoms with Gasteiger partial charge in [0, 0.05) is 32.3 Å². The van der Waals surface area contributed by atoms with Crippen LogP contribution in [0.15, 0.2) is 59.0 Å². The van der Waals surface area contributed by atoms with E-state index in [2.05, 4.69) is 0 Å². The quantitative estimate of drug-likeness (QED) is 0.340. The van der Waals surface area contributed by atoms with Crippen molar-refractivity contribution in [3.8, 4) is 5.75 Å². The zero-order valence-electron chi connectivity index (χ0n) is 19.4. The summed E-state index contributed by atoms with van der Waals surface area (Å²) in [5, 5.41) is 21.1. The number of carbonyl (C=O) groups excluding carboxylic acids is 2. The third-order valence-electron chi connectivity index (χ3n) is 6.34. The van der Waals surface area contributed by atoms with Crippen LogP contribution in [-0.4, -0.2) is 72.9 Å². The molecule has 2 N–H and O–H groups in total. The molecule has 2 aliphatic heterocycles. The van der Waals surface area contributed by atoms with Crippen molar-refractivity contribution < 1.29 is 33.0 Å². The Morgan fingerprint density at radius 2 is 1.74 bits per heavy atom. The number of methoxy groups -OCH3 is 1. The van der Waals surface area contributed by atoms with E-state index in [9.17, 15) is 28.2 Å². The number of aliphatic hydroxyl groups excluding tert-OH is 1. The number of ether oxygens (including phenoxy) is 1. The highest BCUT2D eigenvalue weighted by atomic mass is 32.2. The molecule has 0 spiro atoms. The molecule has 0 radical (unpaired) electrons. The van der Waals surface area contributed by atoms with Gasteiger partial charge in [0.2, 0.25) is 10.0 Å². The van der Waals surface area contributed by atoms with E-state index in [1.165, 1.54) is 52.7 Å². The summed E-state index contributed by atoms with van der Waals surface area (Å²) in [6.07, 6.45) is 2.63.